The second kappa shape index (κ2) is 3.39. The zero-order valence-corrected chi connectivity index (χ0v) is 8.76. The van der Waals surface area contributed by atoms with Crippen LogP contribution in [0.5, 0.6) is 5.88 Å². The van der Waals surface area contributed by atoms with Crippen molar-refractivity contribution in [3.05, 3.63) is 17.1 Å². The van der Waals surface area contributed by atoms with Gasteiger partial charge in [-0.1, -0.05) is 0 Å². The highest BCUT2D eigenvalue weighted by atomic mass is 32.1. The van der Waals surface area contributed by atoms with Gasteiger partial charge in [-0.3, -0.25) is 0 Å². The Labute approximate surface area is 89.5 Å². The van der Waals surface area contributed by atoms with Crippen molar-refractivity contribution in [2.75, 3.05) is 5.32 Å². The van der Waals surface area contributed by atoms with Crippen molar-refractivity contribution in [1.29, 1.82) is 0 Å². The average Bonchev–Trinajstić information content (AvgIpc) is 2.60. The fraction of sp³-hybridized carbons (Fsp3) is 0.111. The summed E-state index contributed by atoms with van der Waals surface area (Å²) < 4.78 is 0.777. The van der Waals surface area contributed by atoms with Crippen LogP contribution in [0.15, 0.2) is 11.4 Å². The molecule has 0 radical (unpaired) electrons. The van der Waals surface area contributed by atoms with Crippen molar-refractivity contribution in [3.63, 3.8) is 0 Å². The molecule has 0 saturated carbocycles. The number of carbonyl (C=O) groups is 1. The molecule has 0 aliphatic rings. The first kappa shape index (κ1) is 9.72. The summed E-state index contributed by atoms with van der Waals surface area (Å²) in [7, 11) is 0. The van der Waals surface area contributed by atoms with Crippen molar-refractivity contribution >= 4 is 33.1 Å². The number of hydrogen-bond donors (Lipinski definition) is 3. The van der Waals surface area contributed by atoms with Crippen LogP contribution in [0.4, 0.5) is 10.5 Å². The molecule has 0 spiro atoms. The number of thiophene rings is 1. The van der Waals surface area contributed by atoms with Gasteiger partial charge in [0.15, 0.2) is 0 Å². The standard InChI is InChI=1S/C9H9N3O2S/c1-4-5-2-3-15-7(5)6(8(13)11-4)12-9(10)14/h2-3H,1H3,(H,11,13)(H3,10,12,14). The minimum Gasteiger partial charge on any atom is -0.492 e. The third-order valence-corrected chi connectivity index (χ3v) is 2.96. The maximum atomic E-state index is 10.7. The number of nitrogens with zero attached hydrogens (tertiary/aromatic N) is 1. The summed E-state index contributed by atoms with van der Waals surface area (Å²) in [5.41, 5.74) is 6.00. The maximum absolute atomic E-state index is 10.7. The van der Waals surface area contributed by atoms with Crippen LogP contribution >= 0.6 is 11.3 Å². The molecule has 2 heterocycles. The number of primary amides is 1. The first-order valence-electron chi connectivity index (χ1n) is 4.23. The number of nitrogens with two attached hydrogens (primary N) is 1. The number of anilines is 1. The topological polar surface area (TPSA) is 88.2 Å². The Morgan fingerprint density at radius 3 is 3.07 bits per heavy atom. The van der Waals surface area contributed by atoms with Gasteiger partial charge in [0, 0.05) is 5.39 Å². The quantitative estimate of drug-likeness (QED) is 0.688. The van der Waals surface area contributed by atoms with E-state index in [4.69, 9.17) is 5.73 Å². The zero-order valence-electron chi connectivity index (χ0n) is 7.94. The third kappa shape index (κ3) is 1.59. The molecule has 4 N–H and O–H groups in total. The lowest BCUT2D eigenvalue weighted by Crippen LogP contribution is -2.19. The molecule has 78 valence electrons. The summed E-state index contributed by atoms with van der Waals surface area (Å²) in [6.45, 7) is 1.79. The maximum Gasteiger partial charge on any atom is 0.316 e. The highest BCUT2D eigenvalue weighted by molar-refractivity contribution is 7.18. The number of aromatic hydroxyl groups is 1. The Balaban J connectivity index is 2.71. The fourth-order valence-corrected chi connectivity index (χ4v) is 2.34. The van der Waals surface area contributed by atoms with E-state index in [1.54, 1.807) is 6.92 Å². The minimum absolute atomic E-state index is 0.207. The second-order valence-corrected chi connectivity index (χ2v) is 3.96. The van der Waals surface area contributed by atoms with Crippen LogP contribution in [0.25, 0.3) is 10.1 Å². The summed E-state index contributed by atoms with van der Waals surface area (Å²) in [5.74, 6) is -0.207. The van der Waals surface area contributed by atoms with E-state index in [1.165, 1.54) is 11.3 Å². The molecule has 0 saturated heterocycles. The minimum atomic E-state index is -0.717. The Kier molecular flexibility index (Phi) is 2.20. The van der Waals surface area contributed by atoms with Crippen LogP contribution in [0.2, 0.25) is 0 Å². The van der Waals surface area contributed by atoms with Crippen LogP contribution < -0.4 is 11.1 Å². The summed E-state index contributed by atoms with van der Waals surface area (Å²) in [6, 6.07) is 1.17. The largest absolute Gasteiger partial charge is 0.492 e. The predicted molar refractivity (Wildman–Crippen MR) is 59.2 cm³/mol. The van der Waals surface area contributed by atoms with Crippen LogP contribution in [0, 0.1) is 6.92 Å². The first-order chi connectivity index (χ1) is 7.09. The van der Waals surface area contributed by atoms with E-state index in [0.717, 1.165) is 15.8 Å². The number of hydrogen-bond acceptors (Lipinski definition) is 4. The lowest BCUT2D eigenvalue weighted by Gasteiger charge is -2.06. The summed E-state index contributed by atoms with van der Waals surface area (Å²) in [6.07, 6.45) is 0. The molecule has 0 bridgehead atoms. The first-order valence-corrected chi connectivity index (χ1v) is 5.11. The highest BCUT2D eigenvalue weighted by Crippen LogP contribution is 2.35. The van der Waals surface area contributed by atoms with Gasteiger partial charge >= 0.3 is 6.03 Å². The average molecular weight is 223 g/mol. The van der Waals surface area contributed by atoms with E-state index in [2.05, 4.69) is 10.3 Å². The van der Waals surface area contributed by atoms with E-state index in [1.807, 2.05) is 11.4 Å². The Hall–Kier alpha value is -1.82. The highest BCUT2D eigenvalue weighted by Gasteiger charge is 2.13. The van der Waals surface area contributed by atoms with Gasteiger partial charge in [-0.25, -0.2) is 9.78 Å². The Bertz CT molecular complexity index is 535. The number of carbonyl (C=O) groups excluding carboxylic acids is 1. The van der Waals surface area contributed by atoms with Gasteiger partial charge in [0.2, 0.25) is 5.88 Å². The summed E-state index contributed by atoms with van der Waals surface area (Å²) in [5, 5.41) is 14.7. The number of aromatic nitrogens is 1. The van der Waals surface area contributed by atoms with Crippen molar-refractivity contribution in [3.8, 4) is 5.88 Å². The SMILES string of the molecule is Cc1nc(O)c(NC(N)=O)c2sccc12. The monoisotopic (exact) mass is 223 g/mol. The second-order valence-electron chi connectivity index (χ2n) is 3.05. The molecule has 0 fully saturated rings. The van der Waals surface area contributed by atoms with Crippen molar-refractivity contribution in [1.82, 2.24) is 4.98 Å². The molecule has 0 atom stereocenters. The molecule has 2 aromatic rings. The lowest BCUT2D eigenvalue weighted by atomic mass is 10.2. The van der Waals surface area contributed by atoms with Gasteiger partial charge in [-0.2, -0.15) is 0 Å². The van der Waals surface area contributed by atoms with Gasteiger partial charge in [0.1, 0.15) is 5.69 Å². The van der Waals surface area contributed by atoms with E-state index in [0.29, 0.717) is 0 Å². The van der Waals surface area contributed by atoms with E-state index >= 15 is 0 Å². The molecule has 0 aromatic carbocycles. The number of fused-ring (bicyclic) bond motifs is 1. The molecule has 2 amide bonds. The molecular formula is C9H9N3O2S. The van der Waals surface area contributed by atoms with E-state index in [9.17, 15) is 9.90 Å². The normalized spacial score (nSPS) is 10.5. The summed E-state index contributed by atoms with van der Waals surface area (Å²) in [4.78, 5) is 14.7. The molecule has 6 heteroatoms. The third-order valence-electron chi connectivity index (χ3n) is 2.03. The number of rotatable bonds is 1. The van der Waals surface area contributed by atoms with Crippen molar-refractivity contribution in [2.24, 2.45) is 5.73 Å². The molecule has 0 aliphatic carbocycles. The molecule has 0 aliphatic heterocycles. The Morgan fingerprint density at radius 2 is 2.40 bits per heavy atom. The van der Waals surface area contributed by atoms with Gasteiger partial charge in [0.25, 0.3) is 0 Å². The van der Waals surface area contributed by atoms with Gasteiger partial charge < -0.3 is 16.2 Å². The van der Waals surface area contributed by atoms with Crippen molar-refractivity contribution in [2.45, 2.75) is 6.92 Å². The van der Waals surface area contributed by atoms with Crippen molar-refractivity contribution < 1.29 is 9.90 Å². The van der Waals surface area contributed by atoms with Crippen LogP contribution in [0.3, 0.4) is 0 Å². The smallest absolute Gasteiger partial charge is 0.316 e. The molecule has 0 unspecified atom stereocenters. The van der Waals surface area contributed by atoms with E-state index in [-0.39, 0.29) is 11.6 Å². The van der Waals surface area contributed by atoms with Gasteiger partial charge in [0.05, 0.1) is 10.4 Å². The molecule has 2 rings (SSSR count). The molecule has 2 aromatic heterocycles. The Morgan fingerprint density at radius 1 is 1.67 bits per heavy atom. The number of amides is 2. The van der Waals surface area contributed by atoms with Gasteiger partial charge in [-0.15, -0.1) is 11.3 Å². The number of pyridine rings is 1. The van der Waals surface area contributed by atoms with Gasteiger partial charge in [-0.05, 0) is 18.4 Å². The van der Waals surface area contributed by atoms with Crippen LogP contribution in [-0.2, 0) is 0 Å². The number of nitrogens with one attached hydrogen (secondary N) is 1. The summed E-state index contributed by atoms with van der Waals surface area (Å²) >= 11 is 1.41. The van der Waals surface area contributed by atoms with Crippen LogP contribution in [-0.4, -0.2) is 16.1 Å². The van der Waals surface area contributed by atoms with Crippen LogP contribution in [0.1, 0.15) is 5.69 Å². The molecular weight excluding hydrogens is 214 g/mol. The molecule has 15 heavy (non-hydrogen) atoms. The van der Waals surface area contributed by atoms with E-state index < -0.39 is 6.03 Å². The fourth-order valence-electron chi connectivity index (χ4n) is 1.40. The lowest BCUT2D eigenvalue weighted by molar-refractivity contribution is 0.259. The number of aryl methyl sites for hydroxylation is 1. The zero-order chi connectivity index (χ0) is 11.0. The predicted octanol–water partition coefficient (Wildman–Crippen LogP) is 1.80. The number of urea groups is 1. The molecule has 5 nitrogen and oxygen atoms in total.